The van der Waals surface area contributed by atoms with Crippen molar-refractivity contribution < 1.29 is 9.59 Å². The number of carbonyl (C=O) groups is 2. The summed E-state index contributed by atoms with van der Waals surface area (Å²) in [6.07, 6.45) is 1.87. The van der Waals surface area contributed by atoms with Gasteiger partial charge in [-0.05, 0) is 56.0 Å². The summed E-state index contributed by atoms with van der Waals surface area (Å²) in [4.78, 5) is 26.9. The number of hydrogen-bond donors (Lipinski definition) is 2. The van der Waals surface area contributed by atoms with E-state index >= 15 is 0 Å². The predicted octanol–water partition coefficient (Wildman–Crippen LogP) is 4.09. The number of anilines is 1. The molecule has 0 fully saturated rings. The summed E-state index contributed by atoms with van der Waals surface area (Å²) >= 11 is 0. The van der Waals surface area contributed by atoms with Gasteiger partial charge in [-0.3, -0.25) is 14.5 Å². The van der Waals surface area contributed by atoms with Crippen molar-refractivity contribution in [2.75, 3.05) is 25.0 Å². The molecule has 0 spiro atoms. The van der Waals surface area contributed by atoms with Gasteiger partial charge in [-0.25, -0.2) is 0 Å². The number of aryl methyl sites for hydroxylation is 2. The Morgan fingerprint density at radius 3 is 2.24 bits per heavy atom. The first-order valence-corrected chi connectivity index (χ1v) is 10.4. The molecule has 0 saturated carbocycles. The Hall–Kier alpha value is -2.66. The molecular formula is C24H33N3O2. The molecule has 156 valence electrons. The van der Waals surface area contributed by atoms with E-state index in [1.54, 1.807) is 0 Å². The van der Waals surface area contributed by atoms with E-state index in [9.17, 15) is 9.59 Å². The normalized spacial score (nSPS) is 11.9. The van der Waals surface area contributed by atoms with Crippen LogP contribution in [-0.4, -0.2) is 36.3 Å². The number of nitrogens with one attached hydrogen (secondary N) is 2. The van der Waals surface area contributed by atoms with Gasteiger partial charge >= 0.3 is 0 Å². The molecule has 5 heteroatoms. The summed E-state index contributed by atoms with van der Waals surface area (Å²) in [5.41, 5.74) is 4.18. The van der Waals surface area contributed by atoms with E-state index in [2.05, 4.69) is 41.8 Å². The lowest BCUT2D eigenvalue weighted by atomic mass is 10.1. The van der Waals surface area contributed by atoms with Gasteiger partial charge in [0.15, 0.2) is 0 Å². The molecule has 2 aromatic rings. The highest BCUT2D eigenvalue weighted by atomic mass is 16.2. The zero-order chi connectivity index (χ0) is 21.2. The Bertz CT molecular complexity index is 802. The van der Waals surface area contributed by atoms with Gasteiger partial charge in [0.1, 0.15) is 0 Å². The number of rotatable bonds is 10. The minimum atomic E-state index is -0.108. The van der Waals surface area contributed by atoms with E-state index in [0.29, 0.717) is 6.54 Å². The molecule has 2 N–H and O–H groups in total. The Labute approximate surface area is 174 Å². The molecule has 0 aliphatic heterocycles. The summed E-state index contributed by atoms with van der Waals surface area (Å²) in [6.45, 7) is 9.19. The van der Waals surface area contributed by atoms with E-state index in [4.69, 9.17) is 0 Å². The highest BCUT2D eigenvalue weighted by Gasteiger charge is 2.16. The third-order valence-electron chi connectivity index (χ3n) is 4.96. The van der Waals surface area contributed by atoms with Crippen molar-refractivity contribution in [2.45, 2.75) is 46.6 Å². The summed E-state index contributed by atoms with van der Waals surface area (Å²) in [7, 11) is 0. The van der Waals surface area contributed by atoms with Crippen LogP contribution in [0.1, 0.15) is 49.9 Å². The van der Waals surface area contributed by atoms with Crippen LogP contribution in [0.4, 0.5) is 5.69 Å². The molecular weight excluding hydrogens is 362 g/mol. The standard InChI is InChI=1S/C24H33N3O2/c1-5-15-27(17-24(29)26-22-10-8-7-9-18(22)3)16-23(28)25-19(4)21-13-11-20(6-2)12-14-21/h7-14,19H,5-6,15-17H2,1-4H3,(H,25,28)(H,26,29)/t19-/m1/s1. The molecule has 0 radical (unpaired) electrons. The number of hydrogen-bond acceptors (Lipinski definition) is 3. The van der Waals surface area contributed by atoms with Crippen LogP contribution in [0.15, 0.2) is 48.5 Å². The lowest BCUT2D eigenvalue weighted by molar-refractivity contribution is -0.124. The highest BCUT2D eigenvalue weighted by Crippen LogP contribution is 2.14. The first-order chi connectivity index (χ1) is 13.9. The summed E-state index contributed by atoms with van der Waals surface area (Å²) in [6, 6.07) is 15.9. The largest absolute Gasteiger partial charge is 0.348 e. The van der Waals surface area contributed by atoms with E-state index in [-0.39, 0.29) is 30.9 Å². The number of para-hydroxylation sites is 1. The Balaban J connectivity index is 1.90. The molecule has 0 saturated heterocycles. The number of amides is 2. The maximum atomic E-state index is 12.5. The van der Waals surface area contributed by atoms with Gasteiger partial charge in [-0.15, -0.1) is 0 Å². The van der Waals surface area contributed by atoms with Crippen LogP contribution in [0.3, 0.4) is 0 Å². The van der Waals surface area contributed by atoms with Gasteiger partial charge in [0.05, 0.1) is 19.1 Å². The first kappa shape index (κ1) is 22.6. The maximum absolute atomic E-state index is 12.5. The number of nitrogens with zero attached hydrogens (tertiary/aromatic N) is 1. The van der Waals surface area contributed by atoms with Crippen LogP contribution < -0.4 is 10.6 Å². The fourth-order valence-corrected chi connectivity index (χ4v) is 3.25. The van der Waals surface area contributed by atoms with E-state index in [1.807, 2.05) is 49.9 Å². The SMILES string of the molecule is CCCN(CC(=O)Nc1ccccc1C)CC(=O)N[C@H](C)c1ccc(CC)cc1. The van der Waals surface area contributed by atoms with Gasteiger partial charge in [0.25, 0.3) is 0 Å². The minimum absolute atomic E-state index is 0.0716. The molecule has 0 aliphatic rings. The van der Waals surface area contributed by atoms with Crippen LogP contribution in [0, 0.1) is 6.92 Å². The van der Waals surface area contributed by atoms with Crippen molar-refractivity contribution in [1.82, 2.24) is 10.2 Å². The Kier molecular flexibility index (Phi) is 8.87. The monoisotopic (exact) mass is 395 g/mol. The molecule has 0 aliphatic carbocycles. The Morgan fingerprint density at radius 2 is 1.62 bits per heavy atom. The second-order valence-corrected chi connectivity index (χ2v) is 7.46. The molecule has 0 unspecified atom stereocenters. The van der Waals surface area contributed by atoms with Gasteiger partial charge in [0, 0.05) is 5.69 Å². The molecule has 29 heavy (non-hydrogen) atoms. The lowest BCUT2D eigenvalue weighted by Crippen LogP contribution is -2.42. The van der Waals surface area contributed by atoms with Crippen molar-refractivity contribution in [3.8, 4) is 0 Å². The first-order valence-electron chi connectivity index (χ1n) is 10.4. The van der Waals surface area contributed by atoms with Crippen molar-refractivity contribution in [2.24, 2.45) is 0 Å². The maximum Gasteiger partial charge on any atom is 0.238 e. The fraction of sp³-hybridized carbons (Fsp3) is 0.417. The average molecular weight is 396 g/mol. The van der Waals surface area contributed by atoms with Crippen molar-refractivity contribution in [3.63, 3.8) is 0 Å². The summed E-state index contributed by atoms with van der Waals surface area (Å²) in [5, 5.41) is 5.98. The topological polar surface area (TPSA) is 61.4 Å². The zero-order valence-corrected chi connectivity index (χ0v) is 18.0. The van der Waals surface area contributed by atoms with E-state index < -0.39 is 0 Å². The zero-order valence-electron chi connectivity index (χ0n) is 18.0. The second-order valence-electron chi connectivity index (χ2n) is 7.46. The quantitative estimate of drug-likeness (QED) is 0.637. The van der Waals surface area contributed by atoms with Crippen LogP contribution >= 0.6 is 0 Å². The molecule has 5 nitrogen and oxygen atoms in total. The van der Waals surface area contributed by atoms with Crippen LogP contribution in [-0.2, 0) is 16.0 Å². The smallest absolute Gasteiger partial charge is 0.238 e. The molecule has 2 rings (SSSR count). The van der Waals surface area contributed by atoms with Crippen LogP contribution in [0.2, 0.25) is 0 Å². The summed E-state index contributed by atoms with van der Waals surface area (Å²) in [5.74, 6) is -0.182. The highest BCUT2D eigenvalue weighted by molar-refractivity contribution is 5.93. The van der Waals surface area contributed by atoms with Crippen molar-refractivity contribution in [1.29, 1.82) is 0 Å². The van der Waals surface area contributed by atoms with Crippen molar-refractivity contribution >= 4 is 17.5 Å². The number of carbonyl (C=O) groups excluding carboxylic acids is 2. The molecule has 0 bridgehead atoms. The van der Waals surface area contributed by atoms with E-state index in [1.165, 1.54) is 5.56 Å². The minimum Gasteiger partial charge on any atom is -0.348 e. The molecule has 2 aromatic carbocycles. The molecule has 2 amide bonds. The third kappa shape index (κ3) is 7.35. The van der Waals surface area contributed by atoms with Gasteiger partial charge < -0.3 is 10.6 Å². The molecule has 0 aromatic heterocycles. The average Bonchev–Trinajstić information content (AvgIpc) is 2.69. The predicted molar refractivity (Wildman–Crippen MR) is 119 cm³/mol. The number of benzene rings is 2. The third-order valence-corrected chi connectivity index (χ3v) is 4.96. The van der Waals surface area contributed by atoms with Crippen molar-refractivity contribution in [3.05, 3.63) is 65.2 Å². The second kappa shape index (κ2) is 11.4. The van der Waals surface area contributed by atoms with E-state index in [0.717, 1.165) is 29.7 Å². The van der Waals surface area contributed by atoms with Crippen LogP contribution in [0.5, 0.6) is 0 Å². The molecule has 1 atom stereocenters. The van der Waals surface area contributed by atoms with Gasteiger partial charge in [0.2, 0.25) is 11.8 Å². The van der Waals surface area contributed by atoms with Crippen LogP contribution in [0.25, 0.3) is 0 Å². The fourth-order valence-electron chi connectivity index (χ4n) is 3.25. The Morgan fingerprint density at radius 1 is 0.966 bits per heavy atom. The summed E-state index contributed by atoms with van der Waals surface area (Å²) < 4.78 is 0. The van der Waals surface area contributed by atoms with Gasteiger partial charge in [-0.2, -0.15) is 0 Å². The molecule has 0 heterocycles. The van der Waals surface area contributed by atoms with Gasteiger partial charge in [-0.1, -0.05) is 56.3 Å². The lowest BCUT2D eigenvalue weighted by Gasteiger charge is -2.22.